The van der Waals surface area contributed by atoms with Crippen LogP contribution in [0, 0.1) is 11.8 Å². The van der Waals surface area contributed by atoms with Gasteiger partial charge in [-0.15, -0.1) is 0 Å². The summed E-state index contributed by atoms with van der Waals surface area (Å²) in [6.07, 6.45) is 4.41. The number of hydrogen-bond donors (Lipinski definition) is 1. The third kappa shape index (κ3) is 2.57. The first kappa shape index (κ1) is 11.9. The molecule has 2 aliphatic heterocycles. The van der Waals surface area contributed by atoms with E-state index in [1.165, 1.54) is 12.8 Å². The maximum atomic E-state index is 12.4. The first-order chi connectivity index (χ1) is 7.68. The van der Waals surface area contributed by atoms with Crippen molar-refractivity contribution in [1.82, 2.24) is 10.2 Å². The van der Waals surface area contributed by atoms with Gasteiger partial charge in [0, 0.05) is 18.5 Å². The predicted molar refractivity (Wildman–Crippen MR) is 65.2 cm³/mol. The molecule has 0 aliphatic carbocycles. The maximum absolute atomic E-state index is 12.4. The molecule has 1 N–H and O–H groups in total. The fraction of sp³-hybridized carbons (Fsp3) is 0.923. The van der Waals surface area contributed by atoms with Crippen LogP contribution in [0.1, 0.15) is 39.5 Å². The van der Waals surface area contributed by atoms with E-state index in [1.54, 1.807) is 0 Å². The van der Waals surface area contributed by atoms with Gasteiger partial charge in [0.25, 0.3) is 0 Å². The van der Waals surface area contributed by atoms with Crippen LogP contribution >= 0.6 is 0 Å². The molecule has 2 saturated heterocycles. The molecule has 16 heavy (non-hydrogen) atoms. The topological polar surface area (TPSA) is 32.3 Å². The Morgan fingerprint density at radius 3 is 2.50 bits per heavy atom. The third-order valence-electron chi connectivity index (χ3n) is 4.11. The highest BCUT2D eigenvalue weighted by atomic mass is 16.2. The lowest BCUT2D eigenvalue weighted by molar-refractivity contribution is -0.140. The van der Waals surface area contributed by atoms with Crippen molar-refractivity contribution < 1.29 is 4.79 Å². The fourth-order valence-corrected chi connectivity index (χ4v) is 3.04. The quantitative estimate of drug-likeness (QED) is 0.734. The second-order valence-electron chi connectivity index (χ2n) is 5.53. The molecule has 2 heterocycles. The Balaban J connectivity index is 1.92. The van der Waals surface area contributed by atoms with Crippen molar-refractivity contribution in [3.63, 3.8) is 0 Å². The number of piperidine rings is 2. The van der Waals surface area contributed by atoms with Crippen molar-refractivity contribution in [2.45, 2.75) is 45.6 Å². The molecule has 3 heteroatoms. The van der Waals surface area contributed by atoms with E-state index in [0.29, 0.717) is 11.9 Å². The molecule has 3 nitrogen and oxygen atoms in total. The van der Waals surface area contributed by atoms with Crippen LogP contribution in [0.25, 0.3) is 0 Å². The molecule has 0 aromatic rings. The molecule has 2 rings (SSSR count). The van der Waals surface area contributed by atoms with E-state index in [1.807, 2.05) is 0 Å². The number of carbonyl (C=O) groups is 1. The Kier molecular flexibility index (Phi) is 3.85. The average molecular weight is 224 g/mol. The van der Waals surface area contributed by atoms with Crippen LogP contribution in [0.5, 0.6) is 0 Å². The number of hydrogen-bond acceptors (Lipinski definition) is 2. The van der Waals surface area contributed by atoms with Gasteiger partial charge in [0.1, 0.15) is 0 Å². The van der Waals surface area contributed by atoms with E-state index < -0.39 is 0 Å². The third-order valence-corrected chi connectivity index (χ3v) is 4.11. The molecule has 2 aliphatic rings. The molecule has 1 amide bonds. The molecule has 0 radical (unpaired) electrons. The molecular weight excluding hydrogens is 200 g/mol. The first-order valence-corrected chi connectivity index (χ1v) is 6.69. The highest BCUT2D eigenvalue weighted by Gasteiger charge is 2.31. The van der Waals surface area contributed by atoms with Crippen molar-refractivity contribution in [2.75, 3.05) is 19.6 Å². The van der Waals surface area contributed by atoms with Gasteiger partial charge in [-0.05, 0) is 51.6 Å². The van der Waals surface area contributed by atoms with Crippen LogP contribution in [0.3, 0.4) is 0 Å². The van der Waals surface area contributed by atoms with Crippen molar-refractivity contribution >= 4 is 5.91 Å². The van der Waals surface area contributed by atoms with Crippen LogP contribution in [0.2, 0.25) is 0 Å². The molecule has 2 atom stereocenters. The molecule has 2 fully saturated rings. The van der Waals surface area contributed by atoms with Crippen molar-refractivity contribution in [3.8, 4) is 0 Å². The maximum Gasteiger partial charge on any atom is 0.226 e. The lowest BCUT2D eigenvalue weighted by atomic mass is 9.90. The summed E-state index contributed by atoms with van der Waals surface area (Å²) in [4.78, 5) is 14.5. The Morgan fingerprint density at radius 1 is 1.19 bits per heavy atom. The Hall–Kier alpha value is -0.570. The number of likely N-dealkylation sites (tertiary alicyclic amines) is 1. The fourth-order valence-electron chi connectivity index (χ4n) is 3.04. The highest BCUT2D eigenvalue weighted by Crippen LogP contribution is 2.25. The van der Waals surface area contributed by atoms with E-state index in [9.17, 15) is 4.79 Å². The zero-order chi connectivity index (χ0) is 11.5. The van der Waals surface area contributed by atoms with Crippen LogP contribution in [-0.4, -0.2) is 36.5 Å². The molecule has 0 aromatic heterocycles. The van der Waals surface area contributed by atoms with Crippen molar-refractivity contribution in [1.29, 1.82) is 0 Å². The van der Waals surface area contributed by atoms with Gasteiger partial charge < -0.3 is 10.2 Å². The number of amides is 1. The SMILES string of the molecule is CC1CCN(C(=O)C2CCNCC2)C(C)C1. The molecular formula is C13H24N2O. The summed E-state index contributed by atoms with van der Waals surface area (Å²) in [7, 11) is 0. The Bertz CT molecular complexity index is 248. The Morgan fingerprint density at radius 2 is 1.88 bits per heavy atom. The van der Waals surface area contributed by atoms with Gasteiger partial charge in [0.05, 0.1) is 0 Å². The number of nitrogens with one attached hydrogen (secondary N) is 1. The molecule has 0 saturated carbocycles. The van der Waals surface area contributed by atoms with Gasteiger partial charge in [0.15, 0.2) is 0 Å². The molecule has 2 unspecified atom stereocenters. The van der Waals surface area contributed by atoms with Crippen LogP contribution < -0.4 is 5.32 Å². The molecule has 92 valence electrons. The zero-order valence-corrected chi connectivity index (χ0v) is 10.5. The van der Waals surface area contributed by atoms with Gasteiger partial charge in [-0.3, -0.25) is 4.79 Å². The second-order valence-corrected chi connectivity index (χ2v) is 5.53. The van der Waals surface area contributed by atoms with Gasteiger partial charge in [0.2, 0.25) is 5.91 Å². The Labute approximate surface area is 98.6 Å². The van der Waals surface area contributed by atoms with Gasteiger partial charge in [-0.25, -0.2) is 0 Å². The predicted octanol–water partition coefficient (Wildman–Crippen LogP) is 1.63. The lowest BCUT2D eigenvalue weighted by Gasteiger charge is -2.39. The molecule has 0 aromatic carbocycles. The summed E-state index contributed by atoms with van der Waals surface area (Å²) < 4.78 is 0. The van der Waals surface area contributed by atoms with E-state index in [2.05, 4.69) is 24.1 Å². The largest absolute Gasteiger partial charge is 0.340 e. The summed E-state index contributed by atoms with van der Waals surface area (Å²) in [6.45, 7) is 7.49. The van der Waals surface area contributed by atoms with E-state index in [4.69, 9.17) is 0 Å². The van der Waals surface area contributed by atoms with Gasteiger partial charge in [-0.2, -0.15) is 0 Å². The van der Waals surface area contributed by atoms with E-state index in [-0.39, 0.29) is 5.92 Å². The minimum absolute atomic E-state index is 0.289. The van der Waals surface area contributed by atoms with Gasteiger partial charge in [-0.1, -0.05) is 6.92 Å². The van der Waals surface area contributed by atoms with Crippen LogP contribution in [-0.2, 0) is 4.79 Å². The summed E-state index contributed by atoms with van der Waals surface area (Å²) >= 11 is 0. The second kappa shape index (κ2) is 5.17. The highest BCUT2D eigenvalue weighted by molar-refractivity contribution is 5.79. The minimum Gasteiger partial charge on any atom is -0.340 e. The minimum atomic E-state index is 0.289. The summed E-state index contributed by atoms with van der Waals surface area (Å²) in [5, 5.41) is 3.32. The summed E-state index contributed by atoms with van der Waals surface area (Å²) in [5.74, 6) is 1.49. The summed E-state index contributed by atoms with van der Waals surface area (Å²) in [6, 6.07) is 0.450. The van der Waals surface area contributed by atoms with Crippen molar-refractivity contribution in [3.05, 3.63) is 0 Å². The van der Waals surface area contributed by atoms with Crippen LogP contribution in [0.15, 0.2) is 0 Å². The van der Waals surface area contributed by atoms with Crippen LogP contribution in [0.4, 0.5) is 0 Å². The van der Waals surface area contributed by atoms with Crippen molar-refractivity contribution in [2.24, 2.45) is 11.8 Å². The smallest absolute Gasteiger partial charge is 0.226 e. The first-order valence-electron chi connectivity index (χ1n) is 6.69. The normalized spacial score (nSPS) is 32.8. The van der Waals surface area contributed by atoms with E-state index >= 15 is 0 Å². The number of rotatable bonds is 1. The molecule has 0 spiro atoms. The monoisotopic (exact) mass is 224 g/mol. The summed E-state index contributed by atoms with van der Waals surface area (Å²) in [5.41, 5.74) is 0. The number of carbonyl (C=O) groups excluding carboxylic acids is 1. The molecule has 0 bridgehead atoms. The lowest BCUT2D eigenvalue weighted by Crippen LogP contribution is -2.48. The average Bonchev–Trinajstić information content (AvgIpc) is 2.29. The van der Waals surface area contributed by atoms with Gasteiger partial charge >= 0.3 is 0 Å². The zero-order valence-electron chi connectivity index (χ0n) is 10.5. The standard InChI is InChI=1S/C13H24N2O/c1-10-5-8-15(11(2)9-10)13(16)12-3-6-14-7-4-12/h10-12,14H,3-9H2,1-2H3. The number of nitrogens with zero attached hydrogens (tertiary/aromatic N) is 1. The van der Waals surface area contributed by atoms with E-state index in [0.717, 1.165) is 38.4 Å².